The van der Waals surface area contributed by atoms with E-state index in [4.69, 9.17) is 0 Å². The minimum atomic E-state index is 0. The molecule has 1 fully saturated rings. The molecule has 2 unspecified atom stereocenters. The molecule has 1 heterocycles. The maximum absolute atomic E-state index is 11.8. The van der Waals surface area contributed by atoms with E-state index in [1.807, 2.05) is 6.92 Å². The first-order chi connectivity index (χ1) is 12.5. The number of aliphatic imine (C=N–C) groups is 1. The summed E-state index contributed by atoms with van der Waals surface area (Å²) < 4.78 is 1.09. The summed E-state index contributed by atoms with van der Waals surface area (Å²) in [6, 6.07) is 8.98. The largest absolute Gasteiger partial charge is 0.369 e. The summed E-state index contributed by atoms with van der Waals surface area (Å²) in [6.07, 6.45) is 2.45. The highest BCUT2D eigenvalue weighted by Crippen LogP contribution is 2.22. The zero-order valence-corrected chi connectivity index (χ0v) is 20.2. The maximum Gasteiger partial charge on any atom is 0.221 e. The monoisotopic (exact) mass is 551 g/mol. The summed E-state index contributed by atoms with van der Waals surface area (Å²) >= 11 is 3.48. The quantitative estimate of drug-likeness (QED) is 0.277. The van der Waals surface area contributed by atoms with Crippen LogP contribution in [-0.4, -0.2) is 50.6 Å². The van der Waals surface area contributed by atoms with Gasteiger partial charge in [-0.2, -0.15) is 0 Å². The van der Waals surface area contributed by atoms with E-state index in [-0.39, 0.29) is 35.9 Å². The molecule has 152 valence electrons. The fraction of sp³-hybridized carbons (Fsp3) is 0.579. The van der Waals surface area contributed by atoms with Crippen LogP contribution in [0.25, 0.3) is 0 Å². The van der Waals surface area contributed by atoms with Crippen molar-refractivity contribution < 1.29 is 4.79 Å². The van der Waals surface area contributed by atoms with Crippen LogP contribution in [0.15, 0.2) is 33.7 Å². The predicted octanol–water partition coefficient (Wildman–Crippen LogP) is 3.12. The molecule has 6 nitrogen and oxygen atoms in total. The second-order valence-corrected chi connectivity index (χ2v) is 7.59. The number of nitrogens with zero attached hydrogens (tertiary/aromatic N) is 2. The van der Waals surface area contributed by atoms with Gasteiger partial charge in [0.05, 0.1) is 0 Å². The molecule has 1 aromatic rings. The first-order valence-electron chi connectivity index (χ1n) is 9.29. The number of anilines is 1. The van der Waals surface area contributed by atoms with E-state index in [1.54, 1.807) is 7.05 Å². The Bertz CT molecular complexity index is 611. The van der Waals surface area contributed by atoms with Gasteiger partial charge in [-0.25, -0.2) is 0 Å². The van der Waals surface area contributed by atoms with Crippen LogP contribution in [0.4, 0.5) is 5.69 Å². The molecule has 8 heteroatoms. The number of carbonyl (C=O) groups is 1. The summed E-state index contributed by atoms with van der Waals surface area (Å²) in [5, 5.41) is 9.67. The molecule has 0 bridgehead atoms. The van der Waals surface area contributed by atoms with E-state index in [9.17, 15) is 4.79 Å². The van der Waals surface area contributed by atoms with Crippen LogP contribution in [0, 0.1) is 0 Å². The smallest absolute Gasteiger partial charge is 0.221 e. The Morgan fingerprint density at radius 2 is 2.07 bits per heavy atom. The molecule has 1 aliphatic rings. The number of rotatable bonds is 7. The third-order valence-corrected chi connectivity index (χ3v) is 5.14. The molecule has 0 radical (unpaired) electrons. The molecule has 1 saturated heterocycles. The SMILES string of the molecule is CCC(C)NC(=O)CCNC(=NC)NC1CCN(c2ccc(Br)cc2)C1.I. The van der Waals surface area contributed by atoms with Crippen molar-refractivity contribution in [1.82, 2.24) is 16.0 Å². The lowest BCUT2D eigenvalue weighted by molar-refractivity contribution is -0.121. The molecule has 27 heavy (non-hydrogen) atoms. The molecule has 0 aliphatic carbocycles. The van der Waals surface area contributed by atoms with E-state index in [2.05, 4.69) is 73.0 Å². The van der Waals surface area contributed by atoms with Crippen LogP contribution in [0.3, 0.4) is 0 Å². The van der Waals surface area contributed by atoms with Crippen LogP contribution in [-0.2, 0) is 4.79 Å². The average molecular weight is 552 g/mol. The fourth-order valence-electron chi connectivity index (χ4n) is 2.90. The number of hydrogen-bond acceptors (Lipinski definition) is 3. The second-order valence-electron chi connectivity index (χ2n) is 6.68. The van der Waals surface area contributed by atoms with Crippen molar-refractivity contribution in [2.24, 2.45) is 4.99 Å². The number of hydrogen-bond donors (Lipinski definition) is 3. The zero-order chi connectivity index (χ0) is 18.9. The Kier molecular flexibility index (Phi) is 11.1. The standard InChI is InChI=1S/C19H30BrN5O.HI/c1-4-14(2)23-18(26)9-11-22-19(21-3)24-16-10-12-25(13-16)17-7-5-15(20)6-8-17;/h5-8,14,16H,4,9-13H2,1-3H3,(H,23,26)(H2,21,22,24);1H. The Morgan fingerprint density at radius 1 is 1.37 bits per heavy atom. The Morgan fingerprint density at radius 3 is 2.70 bits per heavy atom. The molecule has 1 aromatic carbocycles. The highest BCUT2D eigenvalue weighted by molar-refractivity contribution is 14.0. The van der Waals surface area contributed by atoms with Crippen molar-refractivity contribution in [1.29, 1.82) is 0 Å². The number of guanidine groups is 1. The lowest BCUT2D eigenvalue weighted by Crippen LogP contribution is -2.45. The van der Waals surface area contributed by atoms with Crippen molar-refractivity contribution in [3.8, 4) is 0 Å². The minimum Gasteiger partial charge on any atom is -0.369 e. The van der Waals surface area contributed by atoms with E-state index in [1.165, 1.54) is 5.69 Å². The van der Waals surface area contributed by atoms with Gasteiger partial charge in [0, 0.05) is 55.3 Å². The molecule has 0 aromatic heterocycles. The van der Waals surface area contributed by atoms with Gasteiger partial charge < -0.3 is 20.9 Å². The topological polar surface area (TPSA) is 68.8 Å². The van der Waals surface area contributed by atoms with Crippen molar-refractivity contribution >= 4 is 57.5 Å². The Balaban J connectivity index is 0.00000364. The maximum atomic E-state index is 11.8. The Hall–Kier alpha value is -1.03. The van der Waals surface area contributed by atoms with Crippen LogP contribution < -0.4 is 20.9 Å². The molecule has 2 atom stereocenters. The van der Waals surface area contributed by atoms with E-state index in [0.29, 0.717) is 19.0 Å². The Labute approximate surface area is 188 Å². The minimum absolute atomic E-state index is 0. The van der Waals surface area contributed by atoms with Gasteiger partial charge in [0.25, 0.3) is 0 Å². The number of carbonyl (C=O) groups excluding carboxylic acids is 1. The lowest BCUT2D eigenvalue weighted by Gasteiger charge is -2.20. The van der Waals surface area contributed by atoms with Crippen LogP contribution in [0.5, 0.6) is 0 Å². The molecular formula is C19H31BrIN5O. The fourth-order valence-corrected chi connectivity index (χ4v) is 3.16. The van der Waals surface area contributed by atoms with Crippen LogP contribution in [0.1, 0.15) is 33.1 Å². The van der Waals surface area contributed by atoms with Crippen molar-refractivity contribution in [2.75, 3.05) is 31.6 Å². The van der Waals surface area contributed by atoms with Gasteiger partial charge >= 0.3 is 0 Å². The summed E-state index contributed by atoms with van der Waals surface area (Å²) in [5.41, 5.74) is 1.24. The number of halogens is 2. The first kappa shape index (κ1) is 24.0. The zero-order valence-electron chi connectivity index (χ0n) is 16.3. The summed E-state index contributed by atoms with van der Waals surface area (Å²) in [6.45, 7) is 6.62. The van der Waals surface area contributed by atoms with E-state index >= 15 is 0 Å². The van der Waals surface area contributed by atoms with Crippen molar-refractivity contribution in [3.63, 3.8) is 0 Å². The van der Waals surface area contributed by atoms with Crippen molar-refractivity contribution in [3.05, 3.63) is 28.7 Å². The third kappa shape index (κ3) is 8.25. The molecular weight excluding hydrogens is 521 g/mol. The van der Waals surface area contributed by atoms with Gasteiger partial charge in [-0.1, -0.05) is 22.9 Å². The van der Waals surface area contributed by atoms with Gasteiger partial charge in [-0.3, -0.25) is 9.79 Å². The van der Waals surface area contributed by atoms with E-state index in [0.717, 1.165) is 36.4 Å². The molecule has 0 spiro atoms. The molecule has 0 saturated carbocycles. The second kappa shape index (κ2) is 12.4. The van der Waals surface area contributed by atoms with E-state index < -0.39 is 0 Å². The molecule has 3 N–H and O–H groups in total. The van der Waals surface area contributed by atoms with Gasteiger partial charge in [0.2, 0.25) is 5.91 Å². The van der Waals surface area contributed by atoms with Gasteiger partial charge in [0.1, 0.15) is 0 Å². The highest BCUT2D eigenvalue weighted by Gasteiger charge is 2.23. The predicted molar refractivity (Wildman–Crippen MR) is 127 cm³/mol. The number of benzene rings is 1. The number of nitrogens with one attached hydrogen (secondary N) is 3. The molecule has 1 aliphatic heterocycles. The molecule has 2 rings (SSSR count). The highest BCUT2D eigenvalue weighted by atomic mass is 127. The van der Waals surface area contributed by atoms with Crippen molar-refractivity contribution in [2.45, 2.75) is 45.2 Å². The summed E-state index contributed by atoms with van der Waals surface area (Å²) in [5.74, 6) is 0.827. The van der Waals surface area contributed by atoms with Gasteiger partial charge in [-0.15, -0.1) is 24.0 Å². The van der Waals surface area contributed by atoms with Crippen LogP contribution in [0.2, 0.25) is 0 Å². The normalized spacial score (nSPS) is 17.9. The van der Waals surface area contributed by atoms with Gasteiger partial charge in [0.15, 0.2) is 5.96 Å². The molecule has 1 amide bonds. The van der Waals surface area contributed by atoms with Crippen LogP contribution >= 0.6 is 39.9 Å². The summed E-state index contributed by atoms with van der Waals surface area (Å²) in [7, 11) is 1.76. The number of amides is 1. The van der Waals surface area contributed by atoms with Gasteiger partial charge in [-0.05, 0) is 44.0 Å². The first-order valence-corrected chi connectivity index (χ1v) is 10.1. The third-order valence-electron chi connectivity index (χ3n) is 4.61. The average Bonchev–Trinajstić information content (AvgIpc) is 3.09. The summed E-state index contributed by atoms with van der Waals surface area (Å²) in [4.78, 5) is 18.5. The lowest BCUT2D eigenvalue weighted by atomic mass is 10.2.